The first-order chi connectivity index (χ1) is 16.8. The minimum atomic E-state index is -0.964. The van der Waals surface area contributed by atoms with Gasteiger partial charge >= 0.3 is 5.97 Å². The van der Waals surface area contributed by atoms with Crippen molar-refractivity contribution in [3.63, 3.8) is 0 Å². The molecule has 0 bridgehead atoms. The molecule has 1 aromatic carbocycles. The molecule has 2 saturated heterocycles. The second-order valence-electron chi connectivity index (χ2n) is 9.40. The van der Waals surface area contributed by atoms with Crippen molar-refractivity contribution in [3.8, 4) is 0 Å². The average molecular weight is 485 g/mol. The van der Waals surface area contributed by atoms with Crippen molar-refractivity contribution in [2.75, 3.05) is 31.1 Å². The third-order valence-corrected chi connectivity index (χ3v) is 7.27. The summed E-state index contributed by atoms with van der Waals surface area (Å²) in [5, 5.41) is 11.0. The maximum atomic E-state index is 13.1. The summed E-state index contributed by atoms with van der Waals surface area (Å²) in [7, 11) is 0. The molecule has 10 nitrogen and oxygen atoms in total. The number of fused-ring (bicyclic) bond motifs is 1. The lowest BCUT2D eigenvalue weighted by molar-refractivity contribution is -0.138. The van der Waals surface area contributed by atoms with Gasteiger partial charge in [-0.2, -0.15) is 0 Å². The SMILES string of the molecule is CCC(CCCCC(=O)O)N1CCN(c2ccc3c(c2)C(=O)N(C2CCC(=O)NC2=O)C3=O)CC1. The highest BCUT2D eigenvalue weighted by molar-refractivity contribution is 6.23. The Hall–Kier alpha value is -3.27. The van der Waals surface area contributed by atoms with Gasteiger partial charge in [0.1, 0.15) is 6.04 Å². The number of nitrogens with zero attached hydrogens (tertiary/aromatic N) is 3. The number of aliphatic carboxylic acids is 1. The van der Waals surface area contributed by atoms with Gasteiger partial charge in [0.05, 0.1) is 11.1 Å². The Morgan fingerprint density at radius 2 is 1.77 bits per heavy atom. The van der Waals surface area contributed by atoms with Crippen LogP contribution in [0.15, 0.2) is 18.2 Å². The molecule has 0 aliphatic carbocycles. The molecular formula is C25H32N4O6. The topological polar surface area (TPSA) is 127 Å². The molecule has 188 valence electrons. The van der Waals surface area contributed by atoms with E-state index in [0.717, 1.165) is 56.0 Å². The number of hydrogen-bond donors (Lipinski definition) is 2. The molecule has 35 heavy (non-hydrogen) atoms. The molecule has 0 radical (unpaired) electrons. The second kappa shape index (κ2) is 10.6. The molecular weight excluding hydrogens is 452 g/mol. The van der Waals surface area contributed by atoms with Gasteiger partial charge in [-0.3, -0.25) is 39.1 Å². The van der Waals surface area contributed by atoms with E-state index in [2.05, 4.69) is 22.0 Å². The van der Waals surface area contributed by atoms with E-state index in [1.165, 1.54) is 0 Å². The number of hydrogen-bond acceptors (Lipinski definition) is 7. The molecule has 0 spiro atoms. The summed E-state index contributed by atoms with van der Waals surface area (Å²) in [6, 6.07) is 4.69. The molecule has 2 fully saturated rings. The molecule has 3 aliphatic rings. The van der Waals surface area contributed by atoms with Crippen LogP contribution in [0.3, 0.4) is 0 Å². The molecule has 0 saturated carbocycles. The molecule has 3 heterocycles. The molecule has 2 atom stereocenters. The first-order valence-electron chi connectivity index (χ1n) is 12.4. The van der Waals surface area contributed by atoms with Crippen molar-refractivity contribution >= 4 is 35.3 Å². The normalized spacial score (nSPS) is 21.8. The standard InChI is InChI=1S/C25H32N4O6/c1-2-16(5-3-4-6-22(31)32)27-11-13-28(14-12-27)17-7-8-18-19(15-17)25(35)29(24(18)34)20-9-10-21(30)26-23(20)33/h7-8,15-16,20H,2-6,9-14H2,1H3,(H,31,32)(H,26,30,33). The van der Waals surface area contributed by atoms with Gasteiger partial charge < -0.3 is 10.0 Å². The largest absolute Gasteiger partial charge is 0.481 e. The van der Waals surface area contributed by atoms with Crippen LogP contribution in [0.25, 0.3) is 0 Å². The van der Waals surface area contributed by atoms with Gasteiger partial charge in [-0.25, -0.2) is 0 Å². The monoisotopic (exact) mass is 484 g/mol. The lowest BCUT2D eigenvalue weighted by Gasteiger charge is -2.40. The van der Waals surface area contributed by atoms with Crippen LogP contribution in [-0.4, -0.2) is 82.8 Å². The van der Waals surface area contributed by atoms with Gasteiger partial charge in [-0.15, -0.1) is 0 Å². The average Bonchev–Trinajstić information content (AvgIpc) is 3.09. The van der Waals surface area contributed by atoms with E-state index in [1.807, 2.05) is 6.07 Å². The summed E-state index contributed by atoms with van der Waals surface area (Å²) in [6.07, 6.45) is 4.04. The van der Waals surface area contributed by atoms with Crippen molar-refractivity contribution in [1.29, 1.82) is 0 Å². The number of imide groups is 2. The van der Waals surface area contributed by atoms with Crippen LogP contribution in [0.5, 0.6) is 0 Å². The van der Waals surface area contributed by atoms with Crippen LogP contribution in [0, 0.1) is 0 Å². The van der Waals surface area contributed by atoms with E-state index < -0.39 is 35.6 Å². The van der Waals surface area contributed by atoms with Crippen LogP contribution in [-0.2, 0) is 14.4 Å². The number of rotatable bonds is 9. The Kier molecular flexibility index (Phi) is 7.49. The zero-order chi connectivity index (χ0) is 25.1. The number of nitrogens with one attached hydrogen (secondary N) is 1. The van der Waals surface area contributed by atoms with Gasteiger partial charge in [0.25, 0.3) is 11.8 Å². The fourth-order valence-electron chi connectivity index (χ4n) is 5.30. The number of carboxylic acids is 1. The van der Waals surface area contributed by atoms with E-state index in [0.29, 0.717) is 18.0 Å². The zero-order valence-electron chi connectivity index (χ0n) is 20.0. The van der Waals surface area contributed by atoms with Crippen molar-refractivity contribution < 1.29 is 29.1 Å². The fourth-order valence-corrected chi connectivity index (χ4v) is 5.30. The van der Waals surface area contributed by atoms with E-state index in [-0.39, 0.29) is 24.8 Å². The number of piperidine rings is 1. The Morgan fingerprint density at radius 3 is 2.43 bits per heavy atom. The summed E-state index contributed by atoms with van der Waals surface area (Å²) in [6.45, 7) is 5.45. The number of carboxylic acid groups (broad SMARTS) is 1. The fraction of sp³-hybridized carbons (Fsp3) is 0.560. The highest BCUT2D eigenvalue weighted by Gasteiger charge is 2.44. The minimum absolute atomic E-state index is 0.0949. The smallest absolute Gasteiger partial charge is 0.303 e. The molecule has 4 rings (SSSR count). The third kappa shape index (κ3) is 5.22. The molecule has 4 amide bonds. The number of carbonyl (C=O) groups excluding carboxylic acids is 4. The van der Waals surface area contributed by atoms with E-state index >= 15 is 0 Å². The van der Waals surface area contributed by atoms with Gasteiger partial charge in [0.2, 0.25) is 11.8 Å². The number of unbranched alkanes of at least 4 members (excludes halogenated alkanes) is 1. The van der Waals surface area contributed by atoms with E-state index in [1.54, 1.807) is 12.1 Å². The molecule has 2 unspecified atom stereocenters. The zero-order valence-corrected chi connectivity index (χ0v) is 20.0. The summed E-state index contributed by atoms with van der Waals surface area (Å²) in [5.41, 5.74) is 1.45. The first-order valence-corrected chi connectivity index (χ1v) is 12.4. The number of amides is 4. The van der Waals surface area contributed by atoms with E-state index in [9.17, 15) is 24.0 Å². The molecule has 0 aromatic heterocycles. The maximum Gasteiger partial charge on any atom is 0.303 e. The number of piperazine rings is 1. The third-order valence-electron chi connectivity index (χ3n) is 7.27. The van der Waals surface area contributed by atoms with Crippen molar-refractivity contribution in [2.45, 2.75) is 64.0 Å². The van der Waals surface area contributed by atoms with Crippen molar-refractivity contribution in [1.82, 2.24) is 15.1 Å². The van der Waals surface area contributed by atoms with Gasteiger partial charge in [-0.05, 0) is 43.9 Å². The highest BCUT2D eigenvalue weighted by atomic mass is 16.4. The number of anilines is 1. The molecule has 10 heteroatoms. The van der Waals surface area contributed by atoms with Crippen LogP contribution in [0.4, 0.5) is 5.69 Å². The van der Waals surface area contributed by atoms with Crippen LogP contribution in [0.1, 0.15) is 72.6 Å². The molecule has 2 N–H and O–H groups in total. The molecule has 1 aromatic rings. The van der Waals surface area contributed by atoms with Crippen LogP contribution < -0.4 is 10.2 Å². The summed E-state index contributed by atoms with van der Waals surface area (Å²) in [4.78, 5) is 66.1. The Balaban J connectivity index is 1.38. The van der Waals surface area contributed by atoms with Crippen LogP contribution in [0.2, 0.25) is 0 Å². The molecule has 3 aliphatic heterocycles. The van der Waals surface area contributed by atoms with Gasteiger partial charge in [-0.1, -0.05) is 13.3 Å². The first kappa shape index (κ1) is 24.8. The minimum Gasteiger partial charge on any atom is -0.481 e. The predicted molar refractivity (Wildman–Crippen MR) is 127 cm³/mol. The maximum absolute atomic E-state index is 13.1. The summed E-state index contributed by atoms with van der Waals surface area (Å²) in [5.74, 6) is -2.74. The number of benzene rings is 1. The van der Waals surface area contributed by atoms with Gasteiger partial charge in [0, 0.05) is 50.7 Å². The lowest BCUT2D eigenvalue weighted by atomic mass is 10.0. The van der Waals surface area contributed by atoms with E-state index in [4.69, 9.17) is 5.11 Å². The summed E-state index contributed by atoms with van der Waals surface area (Å²) >= 11 is 0. The summed E-state index contributed by atoms with van der Waals surface area (Å²) < 4.78 is 0. The quantitative estimate of drug-likeness (QED) is 0.400. The number of carbonyl (C=O) groups is 5. The van der Waals surface area contributed by atoms with Crippen molar-refractivity contribution in [2.24, 2.45) is 0 Å². The Labute approximate surface area is 204 Å². The predicted octanol–water partition coefficient (Wildman–Crippen LogP) is 1.63. The Morgan fingerprint density at radius 1 is 1.06 bits per heavy atom. The van der Waals surface area contributed by atoms with Gasteiger partial charge in [0.15, 0.2) is 0 Å². The Bertz CT molecular complexity index is 1030. The lowest BCUT2D eigenvalue weighted by Crippen LogP contribution is -2.54. The van der Waals surface area contributed by atoms with Crippen molar-refractivity contribution in [3.05, 3.63) is 29.3 Å². The second-order valence-corrected chi connectivity index (χ2v) is 9.40. The highest BCUT2D eigenvalue weighted by Crippen LogP contribution is 2.31. The van der Waals surface area contributed by atoms with Crippen LogP contribution >= 0.6 is 0 Å².